The number of aromatic carboxylic acids is 1. The van der Waals surface area contributed by atoms with Crippen LogP contribution in [-0.4, -0.2) is 49.0 Å². The molecule has 0 spiro atoms. The van der Waals surface area contributed by atoms with Crippen molar-refractivity contribution in [2.24, 2.45) is 0 Å². The number of carbonyl (C=O) groups is 1. The second-order valence-corrected chi connectivity index (χ2v) is 7.09. The fraction of sp³-hybridized carbons (Fsp3) is 0.462. The summed E-state index contributed by atoms with van der Waals surface area (Å²) < 4.78 is 23.0. The molecule has 0 radical (unpaired) electrons. The Bertz CT molecular complexity index is 568. The number of carboxylic acid groups (broad SMARTS) is 1. The molecule has 0 amide bonds. The zero-order valence-corrected chi connectivity index (χ0v) is 11.4. The van der Waals surface area contributed by atoms with Gasteiger partial charge in [-0.25, -0.2) is 13.2 Å². The Morgan fingerprint density at radius 1 is 1.26 bits per heavy atom. The average molecular weight is 283 g/mol. The van der Waals surface area contributed by atoms with Crippen molar-refractivity contribution in [3.8, 4) is 0 Å². The van der Waals surface area contributed by atoms with Crippen molar-refractivity contribution in [3.63, 3.8) is 0 Å². The van der Waals surface area contributed by atoms with Gasteiger partial charge < -0.3 is 5.11 Å². The normalized spacial score (nSPS) is 19.8. The zero-order valence-electron chi connectivity index (χ0n) is 10.6. The van der Waals surface area contributed by atoms with Crippen molar-refractivity contribution in [3.05, 3.63) is 35.4 Å². The first-order valence-corrected chi connectivity index (χ1v) is 8.03. The van der Waals surface area contributed by atoms with Gasteiger partial charge in [0.25, 0.3) is 0 Å². The van der Waals surface area contributed by atoms with Crippen molar-refractivity contribution in [2.75, 3.05) is 24.6 Å². The van der Waals surface area contributed by atoms with E-state index in [4.69, 9.17) is 5.11 Å². The van der Waals surface area contributed by atoms with Crippen LogP contribution in [0, 0.1) is 0 Å². The lowest BCUT2D eigenvalue weighted by molar-refractivity contribution is 0.0696. The van der Waals surface area contributed by atoms with Crippen LogP contribution < -0.4 is 0 Å². The van der Waals surface area contributed by atoms with E-state index in [-0.39, 0.29) is 17.1 Å². The van der Waals surface area contributed by atoms with E-state index in [9.17, 15) is 13.2 Å². The van der Waals surface area contributed by atoms with Gasteiger partial charge in [-0.1, -0.05) is 12.1 Å². The quantitative estimate of drug-likeness (QED) is 0.896. The number of sulfone groups is 1. The molecule has 104 valence electrons. The maximum absolute atomic E-state index is 11.5. The molecule has 0 bridgehead atoms. The van der Waals surface area contributed by atoms with E-state index in [0.29, 0.717) is 19.5 Å². The first-order chi connectivity index (χ1) is 8.96. The van der Waals surface area contributed by atoms with Gasteiger partial charge in [0.15, 0.2) is 9.84 Å². The highest BCUT2D eigenvalue weighted by Crippen LogP contribution is 2.12. The third-order valence-corrected chi connectivity index (χ3v) is 4.94. The van der Waals surface area contributed by atoms with Gasteiger partial charge in [-0.2, -0.15) is 0 Å². The molecule has 1 aliphatic heterocycles. The van der Waals surface area contributed by atoms with Crippen LogP contribution in [0.1, 0.15) is 22.3 Å². The van der Waals surface area contributed by atoms with Crippen LogP contribution in [0.3, 0.4) is 0 Å². The highest BCUT2D eigenvalue weighted by molar-refractivity contribution is 7.91. The summed E-state index contributed by atoms with van der Waals surface area (Å²) in [4.78, 5) is 13.0. The predicted octanol–water partition coefficient (Wildman–Crippen LogP) is 1.01. The maximum Gasteiger partial charge on any atom is 0.335 e. The SMILES string of the molecule is O=C(O)c1cccc(CN2CCCS(=O)(=O)CC2)c1. The summed E-state index contributed by atoms with van der Waals surface area (Å²) in [6, 6.07) is 6.78. The van der Waals surface area contributed by atoms with Crippen molar-refractivity contribution >= 4 is 15.8 Å². The number of benzene rings is 1. The van der Waals surface area contributed by atoms with Crippen LogP contribution in [0.2, 0.25) is 0 Å². The number of hydrogen-bond acceptors (Lipinski definition) is 4. The van der Waals surface area contributed by atoms with Crippen LogP contribution in [0.15, 0.2) is 24.3 Å². The maximum atomic E-state index is 11.5. The molecule has 1 aromatic carbocycles. The van der Waals surface area contributed by atoms with Gasteiger partial charge in [-0.3, -0.25) is 4.90 Å². The van der Waals surface area contributed by atoms with E-state index in [1.54, 1.807) is 18.2 Å². The van der Waals surface area contributed by atoms with E-state index in [2.05, 4.69) is 4.90 Å². The van der Waals surface area contributed by atoms with Gasteiger partial charge in [0.1, 0.15) is 0 Å². The second kappa shape index (κ2) is 5.71. The molecular weight excluding hydrogens is 266 g/mol. The summed E-state index contributed by atoms with van der Waals surface area (Å²) >= 11 is 0. The fourth-order valence-electron chi connectivity index (χ4n) is 2.21. The van der Waals surface area contributed by atoms with E-state index in [1.165, 1.54) is 0 Å². The molecule has 1 N–H and O–H groups in total. The largest absolute Gasteiger partial charge is 0.478 e. The van der Waals surface area contributed by atoms with E-state index in [1.807, 2.05) is 6.07 Å². The van der Waals surface area contributed by atoms with Crippen LogP contribution in [0.5, 0.6) is 0 Å². The summed E-state index contributed by atoms with van der Waals surface area (Å²) in [5.41, 5.74) is 1.17. The average Bonchev–Trinajstić information content (AvgIpc) is 2.51. The standard InChI is InChI=1S/C13H17NO4S/c15-13(16)12-4-1-3-11(9-12)10-14-5-2-7-19(17,18)8-6-14/h1,3-4,9H,2,5-8,10H2,(H,15,16). The molecule has 0 atom stereocenters. The highest BCUT2D eigenvalue weighted by Gasteiger charge is 2.19. The van der Waals surface area contributed by atoms with Crippen LogP contribution in [0.25, 0.3) is 0 Å². The van der Waals surface area contributed by atoms with E-state index < -0.39 is 15.8 Å². The van der Waals surface area contributed by atoms with Gasteiger partial charge in [0.2, 0.25) is 0 Å². The molecule has 1 saturated heterocycles. The molecule has 0 aromatic heterocycles. The first kappa shape index (κ1) is 14.0. The minimum absolute atomic E-state index is 0.186. The Morgan fingerprint density at radius 3 is 2.79 bits per heavy atom. The summed E-state index contributed by atoms with van der Waals surface area (Å²) in [6.45, 7) is 1.84. The Hall–Kier alpha value is -1.40. The number of hydrogen-bond donors (Lipinski definition) is 1. The molecule has 6 heteroatoms. The lowest BCUT2D eigenvalue weighted by atomic mass is 10.1. The van der Waals surface area contributed by atoms with E-state index in [0.717, 1.165) is 12.1 Å². The number of carboxylic acids is 1. The van der Waals surface area contributed by atoms with Gasteiger partial charge in [0.05, 0.1) is 17.1 Å². The Labute approximate surface area is 112 Å². The Kier molecular flexibility index (Phi) is 4.21. The molecule has 0 aliphatic carbocycles. The number of nitrogens with zero attached hydrogens (tertiary/aromatic N) is 1. The van der Waals surface area contributed by atoms with Crippen molar-refractivity contribution < 1.29 is 18.3 Å². The van der Waals surface area contributed by atoms with Crippen LogP contribution in [-0.2, 0) is 16.4 Å². The monoisotopic (exact) mass is 283 g/mol. The Morgan fingerprint density at radius 2 is 2.05 bits per heavy atom. The third kappa shape index (κ3) is 4.04. The van der Waals surface area contributed by atoms with Crippen molar-refractivity contribution in [1.82, 2.24) is 4.90 Å². The van der Waals surface area contributed by atoms with Crippen molar-refractivity contribution in [1.29, 1.82) is 0 Å². The molecule has 1 fully saturated rings. The van der Waals surface area contributed by atoms with Crippen LogP contribution >= 0.6 is 0 Å². The summed E-state index contributed by atoms with van der Waals surface area (Å²) in [5, 5.41) is 8.94. The molecule has 1 aliphatic rings. The highest BCUT2D eigenvalue weighted by atomic mass is 32.2. The minimum atomic E-state index is -2.90. The summed E-state index contributed by atoms with van der Waals surface area (Å²) in [6.07, 6.45) is 0.640. The lowest BCUT2D eigenvalue weighted by Gasteiger charge is -2.19. The summed E-state index contributed by atoms with van der Waals surface area (Å²) in [7, 11) is -2.90. The molecule has 19 heavy (non-hydrogen) atoms. The molecule has 0 saturated carbocycles. The third-order valence-electron chi connectivity index (χ3n) is 3.23. The predicted molar refractivity (Wildman–Crippen MR) is 71.9 cm³/mol. The molecular formula is C13H17NO4S. The van der Waals surface area contributed by atoms with Gasteiger partial charge >= 0.3 is 5.97 Å². The minimum Gasteiger partial charge on any atom is -0.478 e. The van der Waals surface area contributed by atoms with Crippen LogP contribution in [0.4, 0.5) is 0 Å². The second-order valence-electron chi connectivity index (χ2n) is 4.79. The van der Waals surface area contributed by atoms with Gasteiger partial charge in [-0.05, 0) is 30.7 Å². The Balaban J connectivity index is 2.05. The molecule has 1 heterocycles. The van der Waals surface area contributed by atoms with E-state index >= 15 is 0 Å². The fourth-order valence-corrected chi connectivity index (χ4v) is 3.52. The first-order valence-electron chi connectivity index (χ1n) is 6.21. The summed E-state index contributed by atoms with van der Waals surface area (Å²) in [5.74, 6) is -0.509. The van der Waals surface area contributed by atoms with Gasteiger partial charge in [0, 0.05) is 13.1 Å². The topological polar surface area (TPSA) is 74.7 Å². The zero-order chi connectivity index (χ0) is 13.9. The molecule has 0 unspecified atom stereocenters. The lowest BCUT2D eigenvalue weighted by Crippen LogP contribution is -2.26. The molecule has 2 rings (SSSR count). The number of rotatable bonds is 3. The van der Waals surface area contributed by atoms with Crippen molar-refractivity contribution in [2.45, 2.75) is 13.0 Å². The molecule has 5 nitrogen and oxygen atoms in total. The smallest absolute Gasteiger partial charge is 0.335 e. The molecule has 1 aromatic rings. The van der Waals surface area contributed by atoms with Gasteiger partial charge in [-0.15, -0.1) is 0 Å².